The Bertz CT molecular complexity index is 784. The predicted molar refractivity (Wildman–Crippen MR) is 113 cm³/mol. The second-order valence-electron chi connectivity index (χ2n) is 10.6. The van der Waals surface area contributed by atoms with E-state index < -0.39 is 17.6 Å². The Morgan fingerprint density at radius 2 is 1.97 bits per heavy atom. The predicted octanol–water partition coefficient (Wildman–Crippen LogP) is 4.16. The van der Waals surface area contributed by atoms with Gasteiger partial charge in [-0.15, -0.1) is 0 Å². The molecule has 0 aromatic heterocycles. The van der Waals surface area contributed by atoms with E-state index in [1.54, 1.807) is 0 Å². The van der Waals surface area contributed by atoms with Crippen LogP contribution in [-0.4, -0.2) is 34.9 Å². The number of allylic oxidation sites excluding steroid dienone is 2. The van der Waals surface area contributed by atoms with Crippen LogP contribution in [0.25, 0.3) is 0 Å². The molecule has 0 radical (unpaired) electrons. The van der Waals surface area contributed by atoms with Crippen molar-refractivity contribution in [1.82, 2.24) is 0 Å². The van der Waals surface area contributed by atoms with Crippen LogP contribution in [0.2, 0.25) is 0 Å². The molecule has 4 rings (SSSR count). The molecular weight excluding hydrogens is 380 g/mol. The molecule has 0 aromatic rings. The third kappa shape index (κ3) is 2.95. The maximum absolute atomic E-state index is 13.0. The molecule has 166 valence electrons. The first-order valence-corrected chi connectivity index (χ1v) is 11.8. The van der Waals surface area contributed by atoms with Crippen LogP contribution in [0.1, 0.15) is 85.0 Å². The van der Waals surface area contributed by atoms with Crippen LogP contribution in [-0.2, 0) is 19.1 Å². The van der Waals surface area contributed by atoms with Crippen molar-refractivity contribution < 1.29 is 24.2 Å². The first-order valence-electron chi connectivity index (χ1n) is 11.8. The van der Waals surface area contributed by atoms with E-state index >= 15 is 0 Å². The minimum atomic E-state index is -1.22. The lowest BCUT2D eigenvalue weighted by Crippen LogP contribution is -2.58. The number of ether oxygens (including phenoxy) is 1. The molecule has 5 heteroatoms. The Labute approximate surface area is 179 Å². The number of esters is 1. The van der Waals surface area contributed by atoms with E-state index in [4.69, 9.17) is 4.74 Å². The highest BCUT2D eigenvalue weighted by molar-refractivity contribution is 5.92. The number of Topliss-reactive ketones (excluding diaryl/α,β-unsaturated/α-hetero) is 2. The van der Waals surface area contributed by atoms with Crippen molar-refractivity contribution in [2.45, 2.75) is 90.6 Å². The number of ketones is 2. The summed E-state index contributed by atoms with van der Waals surface area (Å²) in [5, 5.41) is 9.77. The second kappa shape index (κ2) is 7.58. The maximum Gasteiger partial charge on any atom is 0.306 e. The van der Waals surface area contributed by atoms with Crippen LogP contribution in [0.5, 0.6) is 0 Å². The lowest BCUT2D eigenvalue weighted by molar-refractivity contribution is -0.185. The zero-order chi connectivity index (χ0) is 21.7. The van der Waals surface area contributed by atoms with Gasteiger partial charge in [0.25, 0.3) is 0 Å². The standard InChI is InChI=1S/C25H36O5/c1-4-5-22(29)30-25(21(28)15-26)13-10-20-18-7-6-16-14-17(27)8-11-23(16,2)19(18)9-12-24(20,25)3/h9,16,18,20,26H,4-8,10-15H2,1-3H3/t16?,18-,20+,23+,24+,25+/m1/s1. The van der Waals surface area contributed by atoms with Crippen LogP contribution < -0.4 is 0 Å². The van der Waals surface area contributed by atoms with Crippen LogP contribution >= 0.6 is 0 Å². The Morgan fingerprint density at radius 3 is 2.67 bits per heavy atom. The summed E-state index contributed by atoms with van der Waals surface area (Å²) < 4.78 is 5.97. The summed E-state index contributed by atoms with van der Waals surface area (Å²) in [6, 6.07) is 0. The molecule has 0 spiro atoms. The highest BCUT2D eigenvalue weighted by atomic mass is 16.6. The van der Waals surface area contributed by atoms with E-state index in [2.05, 4.69) is 19.9 Å². The van der Waals surface area contributed by atoms with E-state index in [0.717, 1.165) is 25.7 Å². The highest BCUT2D eigenvalue weighted by Gasteiger charge is 2.67. The summed E-state index contributed by atoms with van der Waals surface area (Å²) in [5.41, 5.74) is -0.150. The number of fused-ring (bicyclic) bond motifs is 5. The normalized spacial score (nSPS) is 42.6. The molecule has 0 amide bonds. The monoisotopic (exact) mass is 416 g/mol. The van der Waals surface area contributed by atoms with Gasteiger partial charge in [-0.05, 0) is 68.1 Å². The summed E-state index contributed by atoms with van der Waals surface area (Å²) >= 11 is 0. The fourth-order valence-electron chi connectivity index (χ4n) is 7.57. The Balaban J connectivity index is 1.71. The van der Waals surface area contributed by atoms with Gasteiger partial charge < -0.3 is 9.84 Å². The van der Waals surface area contributed by atoms with Gasteiger partial charge in [-0.1, -0.05) is 32.4 Å². The average molecular weight is 417 g/mol. The molecule has 4 aliphatic rings. The molecule has 3 fully saturated rings. The Hall–Kier alpha value is -1.49. The van der Waals surface area contributed by atoms with Crippen molar-refractivity contribution in [3.63, 3.8) is 0 Å². The van der Waals surface area contributed by atoms with Crippen molar-refractivity contribution in [3.8, 4) is 0 Å². The van der Waals surface area contributed by atoms with Crippen LogP contribution in [0.15, 0.2) is 11.6 Å². The molecule has 0 saturated heterocycles. The molecular formula is C25H36O5. The third-order valence-electron chi connectivity index (χ3n) is 9.30. The van der Waals surface area contributed by atoms with Crippen LogP contribution in [0.3, 0.4) is 0 Å². The number of carbonyl (C=O) groups excluding carboxylic acids is 3. The molecule has 3 saturated carbocycles. The first-order chi connectivity index (χ1) is 14.2. The summed E-state index contributed by atoms with van der Waals surface area (Å²) in [6.45, 7) is 5.77. The number of hydrogen-bond donors (Lipinski definition) is 1. The van der Waals surface area contributed by atoms with Crippen LogP contribution in [0.4, 0.5) is 0 Å². The van der Waals surface area contributed by atoms with Crippen molar-refractivity contribution >= 4 is 17.5 Å². The number of aliphatic hydroxyl groups is 1. The number of aliphatic hydroxyl groups excluding tert-OH is 1. The lowest BCUT2D eigenvalue weighted by Gasteiger charge is -2.56. The van der Waals surface area contributed by atoms with Gasteiger partial charge in [-0.25, -0.2) is 0 Å². The van der Waals surface area contributed by atoms with Gasteiger partial charge in [0.15, 0.2) is 5.60 Å². The van der Waals surface area contributed by atoms with Crippen molar-refractivity contribution in [2.24, 2.45) is 28.6 Å². The first kappa shape index (κ1) is 21.7. The van der Waals surface area contributed by atoms with Crippen molar-refractivity contribution in [1.29, 1.82) is 0 Å². The molecule has 0 bridgehead atoms. The fourth-order valence-corrected chi connectivity index (χ4v) is 7.57. The average Bonchev–Trinajstić information content (AvgIpc) is 3.01. The van der Waals surface area contributed by atoms with Gasteiger partial charge in [-0.2, -0.15) is 0 Å². The molecule has 0 aromatic carbocycles. The van der Waals surface area contributed by atoms with Gasteiger partial charge in [0.1, 0.15) is 12.4 Å². The van der Waals surface area contributed by atoms with E-state index in [1.165, 1.54) is 5.57 Å². The Kier molecular flexibility index (Phi) is 5.49. The largest absolute Gasteiger partial charge is 0.450 e. The number of hydrogen-bond acceptors (Lipinski definition) is 5. The minimum absolute atomic E-state index is 0.0727. The molecule has 1 unspecified atom stereocenters. The highest BCUT2D eigenvalue weighted by Crippen LogP contribution is 2.67. The zero-order valence-corrected chi connectivity index (χ0v) is 18.7. The van der Waals surface area contributed by atoms with E-state index in [0.29, 0.717) is 56.1 Å². The van der Waals surface area contributed by atoms with E-state index in [9.17, 15) is 19.5 Å². The lowest BCUT2D eigenvalue weighted by atomic mass is 9.48. The summed E-state index contributed by atoms with van der Waals surface area (Å²) in [6.07, 6.45) is 9.68. The van der Waals surface area contributed by atoms with E-state index in [1.807, 2.05) is 6.92 Å². The summed E-state index contributed by atoms with van der Waals surface area (Å²) in [4.78, 5) is 37.6. The zero-order valence-electron chi connectivity index (χ0n) is 18.7. The van der Waals surface area contributed by atoms with Gasteiger partial charge in [0.2, 0.25) is 5.78 Å². The molecule has 4 aliphatic carbocycles. The van der Waals surface area contributed by atoms with Gasteiger partial charge in [0.05, 0.1) is 0 Å². The van der Waals surface area contributed by atoms with Crippen LogP contribution in [0, 0.1) is 28.6 Å². The number of carbonyl (C=O) groups is 3. The second-order valence-corrected chi connectivity index (χ2v) is 10.6. The summed E-state index contributed by atoms with van der Waals surface area (Å²) in [7, 11) is 0. The smallest absolute Gasteiger partial charge is 0.306 e. The topological polar surface area (TPSA) is 80.7 Å². The van der Waals surface area contributed by atoms with Gasteiger partial charge in [-0.3, -0.25) is 14.4 Å². The fraction of sp³-hybridized carbons (Fsp3) is 0.800. The maximum atomic E-state index is 13.0. The third-order valence-corrected chi connectivity index (χ3v) is 9.30. The minimum Gasteiger partial charge on any atom is -0.450 e. The number of rotatable bonds is 5. The molecule has 0 heterocycles. The van der Waals surface area contributed by atoms with E-state index in [-0.39, 0.29) is 23.1 Å². The molecule has 5 nitrogen and oxygen atoms in total. The Morgan fingerprint density at radius 1 is 1.20 bits per heavy atom. The molecule has 30 heavy (non-hydrogen) atoms. The molecule has 1 N–H and O–H groups in total. The van der Waals surface area contributed by atoms with Gasteiger partial charge in [0, 0.05) is 24.7 Å². The summed E-state index contributed by atoms with van der Waals surface area (Å²) in [5.74, 6) is 0.773. The van der Waals surface area contributed by atoms with Crippen molar-refractivity contribution in [2.75, 3.05) is 6.61 Å². The SMILES string of the molecule is CCCC(=O)O[C@]1(C(=O)CO)CC[C@H]2[C@@H]3CCC4CC(=O)CC[C@]4(C)C3=CC[C@@]21C. The molecule has 0 aliphatic heterocycles. The van der Waals surface area contributed by atoms with Crippen molar-refractivity contribution in [3.05, 3.63) is 11.6 Å². The quantitative estimate of drug-likeness (QED) is 0.538. The molecule has 6 atom stereocenters. The van der Waals surface area contributed by atoms with Gasteiger partial charge >= 0.3 is 5.97 Å².